The second-order valence-corrected chi connectivity index (χ2v) is 8.48. The summed E-state index contributed by atoms with van der Waals surface area (Å²) in [4.78, 5) is 16.9. The highest BCUT2D eigenvalue weighted by Crippen LogP contribution is 2.47. The number of quaternary nitrogens is 1. The minimum Gasteiger partial charge on any atom is -0.453 e. The molecule has 6 nitrogen and oxygen atoms in total. The first-order valence-corrected chi connectivity index (χ1v) is 11.2. The Labute approximate surface area is 200 Å². The molecule has 1 aliphatic rings. The average molecular weight is 495 g/mol. The van der Waals surface area contributed by atoms with E-state index in [1.54, 1.807) is 19.9 Å². The van der Waals surface area contributed by atoms with Gasteiger partial charge >= 0.3 is 0 Å². The van der Waals surface area contributed by atoms with Crippen LogP contribution < -0.4 is 15.5 Å². The number of anilines is 1. The smallest absolute Gasteiger partial charge is 0.254 e. The van der Waals surface area contributed by atoms with Crippen LogP contribution in [0.5, 0.6) is 11.5 Å². The highest BCUT2D eigenvalue weighted by Gasteiger charge is 2.47. The fraction of sp³-hybridized carbons (Fsp3) is 0.360. The average Bonchev–Trinajstić information content (AvgIpc) is 2.82. The molecule has 3 atom stereocenters. The fourth-order valence-electron chi connectivity index (χ4n) is 4.20. The maximum absolute atomic E-state index is 14.6. The van der Waals surface area contributed by atoms with Crippen LogP contribution in [0.25, 0.3) is 0 Å². The number of nitrogens with two attached hydrogens (primary N) is 1. The summed E-state index contributed by atoms with van der Waals surface area (Å²) in [6, 6.07) is 5.85. The third-order valence-corrected chi connectivity index (χ3v) is 6.24. The van der Waals surface area contributed by atoms with Crippen LogP contribution in [-0.4, -0.2) is 22.0 Å². The summed E-state index contributed by atoms with van der Waals surface area (Å²) in [6.07, 6.45) is 5.62. The van der Waals surface area contributed by atoms with E-state index in [1.165, 1.54) is 30.6 Å². The first-order valence-electron chi connectivity index (χ1n) is 11.2. The van der Waals surface area contributed by atoms with E-state index in [4.69, 9.17) is 9.94 Å². The number of hydrogen-bond acceptors (Lipinski definition) is 4. The van der Waals surface area contributed by atoms with Gasteiger partial charge in [0.25, 0.3) is 5.92 Å². The van der Waals surface area contributed by atoms with E-state index >= 15 is 0 Å². The largest absolute Gasteiger partial charge is 0.453 e. The molecule has 1 heterocycles. The minimum atomic E-state index is -2.91. The number of halogens is 4. The summed E-state index contributed by atoms with van der Waals surface area (Å²) in [7, 11) is 0. The maximum atomic E-state index is 14.6. The van der Waals surface area contributed by atoms with Crippen LogP contribution in [0.2, 0.25) is 0 Å². The molecule has 0 aliphatic heterocycles. The Hall–Kier alpha value is -3.24. The fourth-order valence-corrected chi connectivity index (χ4v) is 4.20. The molecule has 3 rings (SSSR count). The van der Waals surface area contributed by atoms with E-state index in [0.717, 1.165) is 17.6 Å². The van der Waals surface area contributed by atoms with Gasteiger partial charge in [-0.3, -0.25) is 4.79 Å². The number of benzene rings is 1. The number of alkyl halides is 2. The Morgan fingerprint density at radius 3 is 2.71 bits per heavy atom. The number of amides is 1. The number of hydroxylamine groups is 1. The van der Waals surface area contributed by atoms with E-state index < -0.39 is 29.4 Å². The van der Waals surface area contributed by atoms with Crippen molar-refractivity contribution in [1.82, 2.24) is 4.98 Å². The first-order chi connectivity index (χ1) is 16.6. The third kappa shape index (κ3) is 6.67. The molecule has 1 amide bonds. The van der Waals surface area contributed by atoms with Crippen molar-refractivity contribution in [1.29, 1.82) is 0 Å². The molecule has 1 aromatic carbocycles. The van der Waals surface area contributed by atoms with Crippen LogP contribution in [0, 0.1) is 29.4 Å². The van der Waals surface area contributed by atoms with Crippen molar-refractivity contribution in [2.24, 2.45) is 17.8 Å². The maximum Gasteiger partial charge on any atom is 0.254 e. The normalized spacial score (nSPS) is 21.1. The van der Waals surface area contributed by atoms with Crippen molar-refractivity contribution in [3.8, 4) is 11.5 Å². The van der Waals surface area contributed by atoms with Crippen molar-refractivity contribution in [2.75, 3.05) is 5.32 Å². The number of aromatic nitrogens is 1. The summed E-state index contributed by atoms with van der Waals surface area (Å²) < 4.78 is 61.4. The van der Waals surface area contributed by atoms with Crippen molar-refractivity contribution >= 4 is 11.7 Å². The number of ether oxygens (including phenoxy) is 1. The molecule has 0 saturated heterocycles. The van der Waals surface area contributed by atoms with Gasteiger partial charge in [-0.15, -0.1) is 0 Å². The lowest BCUT2D eigenvalue weighted by atomic mass is 9.70. The molecule has 1 aliphatic carbocycles. The Kier molecular flexibility index (Phi) is 8.63. The number of nitrogens with zero attached hydrogens (tertiary/aromatic N) is 1. The third-order valence-electron chi connectivity index (χ3n) is 6.24. The molecule has 0 bridgehead atoms. The zero-order valence-electron chi connectivity index (χ0n) is 19.3. The van der Waals surface area contributed by atoms with Crippen LogP contribution in [-0.2, 0) is 4.79 Å². The van der Waals surface area contributed by atoms with Gasteiger partial charge in [0.15, 0.2) is 11.6 Å². The molecule has 0 radical (unpaired) electrons. The van der Waals surface area contributed by atoms with Gasteiger partial charge in [-0.05, 0) is 61.6 Å². The van der Waals surface area contributed by atoms with E-state index in [2.05, 4.69) is 10.3 Å². The summed E-state index contributed by atoms with van der Waals surface area (Å²) in [6.45, 7) is 3.36. The first kappa shape index (κ1) is 26.4. The highest BCUT2D eigenvalue weighted by molar-refractivity contribution is 5.91. The van der Waals surface area contributed by atoms with Crippen molar-refractivity contribution in [3.63, 3.8) is 0 Å². The number of carbonyl (C=O) groups is 1. The highest BCUT2D eigenvalue weighted by atomic mass is 19.3. The van der Waals surface area contributed by atoms with Gasteiger partial charge in [0, 0.05) is 24.3 Å². The summed E-state index contributed by atoms with van der Waals surface area (Å²) >= 11 is 0. The van der Waals surface area contributed by atoms with E-state index in [9.17, 15) is 22.4 Å². The van der Waals surface area contributed by atoms with Crippen LogP contribution >= 0.6 is 0 Å². The molecule has 35 heavy (non-hydrogen) atoms. The second-order valence-electron chi connectivity index (χ2n) is 8.48. The molecule has 0 spiro atoms. The lowest BCUT2D eigenvalue weighted by molar-refractivity contribution is -0.838. The second kappa shape index (κ2) is 11.5. The van der Waals surface area contributed by atoms with Gasteiger partial charge in [-0.25, -0.2) is 27.8 Å². The molecule has 3 unspecified atom stereocenters. The van der Waals surface area contributed by atoms with Crippen molar-refractivity contribution in [2.45, 2.75) is 39.0 Å². The Balaban J connectivity index is 1.63. The van der Waals surface area contributed by atoms with Crippen molar-refractivity contribution < 1.29 is 37.8 Å². The van der Waals surface area contributed by atoms with Gasteiger partial charge in [-0.1, -0.05) is 13.0 Å². The topological polar surface area (TPSA) is 88.1 Å². The molecule has 4 N–H and O–H groups in total. The van der Waals surface area contributed by atoms with E-state index in [-0.39, 0.29) is 48.4 Å². The molecule has 188 valence electrons. The number of carbonyl (C=O) groups excluding carboxylic acids is 1. The Morgan fingerprint density at radius 1 is 1.31 bits per heavy atom. The number of nitrogens with one attached hydrogen (secondary N) is 1. The van der Waals surface area contributed by atoms with Crippen LogP contribution in [0.3, 0.4) is 0 Å². The quantitative estimate of drug-likeness (QED) is 0.268. The lowest BCUT2D eigenvalue weighted by Crippen LogP contribution is -2.73. The molecular formula is C25H28F4N3O3+. The SMILES string of the molecule is C/C=C(\C=C/[NH2+]O)C1CC(C(C)C(=O)Nc2ccc(Oc3ccc(F)cc3F)cn2)CCC1(F)F. The zero-order chi connectivity index (χ0) is 25.6. The summed E-state index contributed by atoms with van der Waals surface area (Å²) in [5.74, 6) is -6.49. The molecule has 1 fully saturated rings. The summed E-state index contributed by atoms with van der Waals surface area (Å²) in [5, 5.41) is 11.6. The Bertz CT molecular complexity index is 1090. The van der Waals surface area contributed by atoms with Crippen LogP contribution in [0.1, 0.15) is 33.1 Å². The van der Waals surface area contributed by atoms with Crippen LogP contribution in [0.4, 0.5) is 23.4 Å². The van der Waals surface area contributed by atoms with Gasteiger partial charge in [0.05, 0.1) is 6.20 Å². The standard InChI is InChI=1S/C25H27F4N3O3/c1-3-16(9-11-31-34)20-12-17(8-10-25(20,28)29)15(2)24(33)32-23-7-5-19(14-30-23)35-22-6-4-18(26)13-21(22)27/h3-7,9,11,13-15,17,20,31,34H,8,10,12H2,1-2H3,(H,30,32,33)/p+1/b11-9-,16-3+. The number of rotatable bonds is 8. The molecule has 2 aromatic rings. The lowest BCUT2D eigenvalue weighted by Gasteiger charge is -2.38. The minimum absolute atomic E-state index is 0.125. The summed E-state index contributed by atoms with van der Waals surface area (Å²) in [5.41, 5.74) is 1.20. The molecule has 10 heteroatoms. The number of hydrogen-bond donors (Lipinski definition) is 3. The van der Waals surface area contributed by atoms with E-state index in [1.807, 2.05) is 0 Å². The van der Waals surface area contributed by atoms with Gasteiger partial charge in [0.2, 0.25) is 5.91 Å². The number of pyridine rings is 1. The molecule has 1 saturated carbocycles. The van der Waals surface area contributed by atoms with Gasteiger partial charge in [-0.2, -0.15) is 5.48 Å². The van der Waals surface area contributed by atoms with Crippen molar-refractivity contribution in [3.05, 3.63) is 72.1 Å². The zero-order valence-corrected chi connectivity index (χ0v) is 19.3. The molecule has 1 aromatic heterocycles. The predicted molar refractivity (Wildman–Crippen MR) is 121 cm³/mol. The van der Waals surface area contributed by atoms with E-state index in [0.29, 0.717) is 11.6 Å². The van der Waals surface area contributed by atoms with Gasteiger partial charge < -0.3 is 10.1 Å². The van der Waals surface area contributed by atoms with Gasteiger partial charge in [0.1, 0.15) is 23.6 Å². The predicted octanol–water partition coefficient (Wildman–Crippen LogP) is 5.19. The Morgan fingerprint density at radius 2 is 2.09 bits per heavy atom. The van der Waals surface area contributed by atoms with Crippen LogP contribution in [0.15, 0.2) is 60.5 Å². The monoisotopic (exact) mass is 494 g/mol. The number of allylic oxidation sites excluding steroid dienone is 3. The molecular weight excluding hydrogens is 466 g/mol.